The van der Waals surface area contributed by atoms with Gasteiger partial charge >= 0.3 is 0 Å². The third-order valence-electron chi connectivity index (χ3n) is 4.07. The average Bonchev–Trinajstić information content (AvgIpc) is 3.01. The number of rotatable bonds is 11. The second-order valence-corrected chi connectivity index (χ2v) is 6.20. The highest BCUT2D eigenvalue weighted by Gasteiger charge is 2.15. The number of ether oxygens (including phenoxy) is 2. The fraction of sp³-hybridized carbons (Fsp3) is 0.579. The molecule has 1 N–H and O–H groups in total. The molecule has 1 amide bonds. The van der Waals surface area contributed by atoms with Gasteiger partial charge in [-0.1, -0.05) is 45.4 Å². The molecule has 24 heavy (non-hydrogen) atoms. The van der Waals surface area contributed by atoms with Crippen LogP contribution in [-0.4, -0.2) is 18.5 Å². The molecule has 1 aliphatic heterocycles. The number of carbonyl (C=O) groups excluding carboxylic acids is 2. The van der Waals surface area contributed by atoms with Crippen molar-refractivity contribution in [3.8, 4) is 11.5 Å². The molecular formula is C19H27NO4. The predicted molar refractivity (Wildman–Crippen MR) is 93.4 cm³/mol. The normalized spacial score (nSPS) is 12.2. The molecule has 1 heterocycles. The van der Waals surface area contributed by atoms with Crippen molar-refractivity contribution in [1.82, 2.24) is 0 Å². The molecular weight excluding hydrogens is 306 g/mol. The van der Waals surface area contributed by atoms with Crippen molar-refractivity contribution in [2.45, 2.75) is 64.7 Å². The molecule has 0 atom stereocenters. The van der Waals surface area contributed by atoms with E-state index in [1.807, 2.05) is 0 Å². The van der Waals surface area contributed by atoms with Crippen LogP contribution in [0.2, 0.25) is 0 Å². The number of hydrogen-bond acceptors (Lipinski definition) is 4. The highest BCUT2D eigenvalue weighted by Crippen LogP contribution is 2.34. The summed E-state index contributed by atoms with van der Waals surface area (Å²) < 4.78 is 10.5. The second kappa shape index (κ2) is 9.96. The smallest absolute Gasteiger partial charge is 0.231 e. The Kier molecular flexibility index (Phi) is 7.59. The van der Waals surface area contributed by atoms with Crippen molar-refractivity contribution in [1.29, 1.82) is 0 Å². The maximum absolute atomic E-state index is 11.9. The van der Waals surface area contributed by atoms with E-state index in [1.165, 1.54) is 32.1 Å². The minimum Gasteiger partial charge on any atom is -0.454 e. The molecule has 0 spiro atoms. The summed E-state index contributed by atoms with van der Waals surface area (Å²) in [6, 6.07) is 5.20. The standard InChI is InChI=1S/C19H27NO4/c1-2-3-4-5-6-7-8-9-16(21)13-19(22)20-15-10-11-17-18(12-15)24-14-23-17/h10-12H,2-9,13-14H2,1H3,(H,20,22). The van der Waals surface area contributed by atoms with E-state index < -0.39 is 0 Å². The molecule has 0 bridgehead atoms. The van der Waals surface area contributed by atoms with Crippen molar-refractivity contribution in [2.24, 2.45) is 0 Å². The Morgan fingerprint density at radius 2 is 1.71 bits per heavy atom. The summed E-state index contributed by atoms with van der Waals surface area (Å²) in [5, 5.41) is 2.73. The van der Waals surface area contributed by atoms with E-state index in [4.69, 9.17) is 9.47 Å². The molecule has 0 radical (unpaired) electrons. The molecule has 0 aliphatic carbocycles. The Bertz CT molecular complexity index is 556. The van der Waals surface area contributed by atoms with Gasteiger partial charge in [-0.25, -0.2) is 0 Å². The van der Waals surface area contributed by atoms with Gasteiger partial charge in [-0.3, -0.25) is 9.59 Å². The van der Waals surface area contributed by atoms with E-state index in [-0.39, 0.29) is 24.9 Å². The summed E-state index contributed by atoms with van der Waals surface area (Å²) >= 11 is 0. The van der Waals surface area contributed by atoms with E-state index >= 15 is 0 Å². The highest BCUT2D eigenvalue weighted by atomic mass is 16.7. The van der Waals surface area contributed by atoms with Crippen molar-refractivity contribution in [2.75, 3.05) is 12.1 Å². The number of unbranched alkanes of at least 4 members (excludes halogenated alkanes) is 6. The van der Waals surface area contributed by atoms with Crippen LogP contribution in [0.3, 0.4) is 0 Å². The Morgan fingerprint density at radius 1 is 1.00 bits per heavy atom. The number of amides is 1. The SMILES string of the molecule is CCCCCCCCCC(=O)CC(=O)Nc1ccc2c(c1)OCO2. The molecule has 5 nitrogen and oxygen atoms in total. The van der Waals surface area contributed by atoms with Crippen molar-refractivity contribution < 1.29 is 19.1 Å². The highest BCUT2D eigenvalue weighted by molar-refractivity contribution is 6.04. The van der Waals surface area contributed by atoms with Gasteiger partial charge in [0.25, 0.3) is 0 Å². The summed E-state index contributed by atoms with van der Waals surface area (Å²) in [7, 11) is 0. The number of ketones is 1. The first-order chi connectivity index (χ1) is 11.7. The zero-order valence-corrected chi connectivity index (χ0v) is 14.4. The Hall–Kier alpha value is -2.04. The van der Waals surface area contributed by atoms with Gasteiger partial charge in [0, 0.05) is 18.2 Å². The lowest BCUT2D eigenvalue weighted by Gasteiger charge is -2.06. The number of anilines is 1. The van der Waals surface area contributed by atoms with E-state index in [2.05, 4.69) is 12.2 Å². The Balaban J connectivity index is 1.60. The lowest BCUT2D eigenvalue weighted by atomic mass is 10.1. The summed E-state index contributed by atoms with van der Waals surface area (Å²) in [4.78, 5) is 23.8. The van der Waals surface area contributed by atoms with Crippen LogP contribution in [0.1, 0.15) is 64.7 Å². The monoisotopic (exact) mass is 333 g/mol. The third-order valence-corrected chi connectivity index (χ3v) is 4.07. The van der Waals surface area contributed by atoms with Crippen LogP contribution in [0.5, 0.6) is 11.5 Å². The average molecular weight is 333 g/mol. The molecule has 0 saturated heterocycles. The first-order valence-corrected chi connectivity index (χ1v) is 8.90. The molecule has 132 valence electrons. The zero-order valence-electron chi connectivity index (χ0n) is 14.4. The molecule has 5 heteroatoms. The molecule has 0 aromatic heterocycles. The van der Waals surface area contributed by atoms with Crippen LogP contribution in [0.4, 0.5) is 5.69 Å². The summed E-state index contributed by atoms with van der Waals surface area (Å²) in [5.41, 5.74) is 0.618. The van der Waals surface area contributed by atoms with Gasteiger partial charge in [0.05, 0.1) is 6.42 Å². The summed E-state index contributed by atoms with van der Waals surface area (Å²) in [5.74, 6) is 1.01. The first-order valence-electron chi connectivity index (χ1n) is 8.90. The van der Waals surface area contributed by atoms with Gasteiger partial charge in [0.15, 0.2) is 11.5 Å². The number of benzene rings is 1. The number of hydrogen-bond donors (Lipinski definition) is 1. The summed E-state index contributed by atoms with van der Waals surface area (Å²) in [6.07, 6.45) is 8.61. The molecule has 1 aliphatic rings. The third kappa shape index (κ3) is 6.22. The lowest BCUT2D eigenvalue weighted by molar-refractivity contribution is -0.125. The fourth-order valence-corrected chi connectivity index (χ4v) is 2.73. The van der Waals surface area contributed by atoms with Crippen molar-refractivity contribution >= 4 is 17.4 Å². The largest absolute Gasteiger partial charge is 0.454 e. The van der Waals surface area contributed by atoms with Gasteiger partial charge in [-0.15, -0.1) is 0 Å². The molecule has 0 saturated carbocycles. The lowest BCUT2D eigenvalue weighted by Crippen LogP contribution is -2.16. The number of fused-ring (bicyclic) bond motifs is 1. The number of carbonyl (C=O) groups is 2. The zero-order chi connectivity index (χ0) is 17.2. The fourth-order valence-electron chi connectivity index (χ4n) is 2.73. The van der Waals surface area contributed by atoms with Crippen molar-refractivity contribution in [3.05, 3.63) is 18.2 Å². The van der Waals surface area contributed by atoms with Gasteiger partial charge in [-0.05, 0) is 18.6 Å². The predicted octanol–water partition coefficient (Wildman–Crippen LogP) is 4.45. The number of nitrogens with one attached hydrogen (secondary N) is 1. The van der Waals surface area contributed by atoms with E-state index in [0.717, 1.165) is 12.8 Å². The molecule has 0 fully saturated rings. The Morgan fingerprint density at radius 3 is 2.50 bits per heavy atom. The van der Waals surface area contributed by atoms with Crippen LogP contribution >= 0.6 is 0 Å². The molecule has 1 aromatic rings. The number of Topliss-reactive ketones (excluding diaryl/α,β-unsaturated/α-hetero) is 1. The van der Waals surface area contributed by atoms with Crippen LogP contribution < -0.4 is 14.8 Å². The van der Waals surface area contributed by atoms with Crippen LogP contribution in [-0.2, 0) is 9.59 Å². The Labute approximate surface area is 143 Å². The molecule has 0 unspecified atom stereocenters. The van der Waals surface area contributed by atoms with E-state index in [9.17, 15) is 9.59 Å². The molecule has 1 aromatic carbocycles. The quantitative estimate of drug-likeness (QED) is 0.480. The van der Waals surface area contributed by atoms with Gasteiger partial charge in [0.1, 0.15) is 5.78 Å². The molecule has 2 rings (SSSR count). The second-order valence-electron chi connectivity index (χ2n) is 6.20. The van der Waals surface area contributed by atoms with E-state index in [1.54, 1.807) is 18.2 Å². The van der Waals surface area contributed by atoms with Gasteiger partial charge < -0.3 is 14.8 Å². The maximum atomic E-state index is 11.9. The van der Waals surface area contributed by atoms with Crippen LogP contribution in [0.25, 0.3) is 0 Å². The minimum absolute atomic E-state index is 0.00167. The van der Waals surface area contributed by atoms with Crippen molar-refractivity contribution in [3.63, 3.8) is 0 Å². The topological polar surface area (TPSA) is 64.6 Å². The maximum Gasteiger partial charge on any atom is 0.231 e. The first kappa shape index (κ1) is 18.3. The van der Waals surface area contributed by atoms with Crippen LogP contribution in [0, 0.1) is 0 Å². The van der Waals surface area contributed by atoms with E-state index in [0.29, 0.717) is 23.6 Å². The minimum atomic E-state index is -0.276. The van der Waals surface area contributed by atoms with Crippen LogP contribution in [0.15, 0.2) is 18.2 Å². The van der Waals surface area contributed by atoms with Gasteiger partial charge in [-0.2, -0.15) is 0 Å². The summed E-state index contributed by atoms with van der Waals surface area (Å²) in [6.45, 7) is 2.40. The van der Waals surface area contributed by atoms with Gasteiger partial charge in [0.2, 0.25) is 12.7 Å².